The Balaban J connectivity index is 2.30. The van der Waals surface area contributed by atoms with Crippen molar-refractivity contribution in [3.63, 3.8) is 0 Å². The van der Waals surface area contributed by atoms with Crippen LogP contribution in [-0.4, -0.2) is 7.11 Å². The molecule has 3 heteroatoms. The fraction of sp³-hybridized carbons (Fsp3) is 0.333. The van der Waals surface area contributed by atoms with Crippen LogP contribution in [0, 0.1) is 0 Å². The van der Waals surface area contributed by atoms with Crippen LogP contribution in [0.3, 0.4) is 0 Å². The van der Waals surface area contributed by atoms with Crippen LogP contribution in [0.1, 0.15) is 5.56 Å². The van der Waals surface area contributed by atoms with Crippen molar-refractivity contribution in [2.75, 3.05) is 7.11 Å². The molecular formula is C6H8O2S. The first-order valence-corrected chi connectivity index (χ1v) is 3.54. The van der Waals surface area contributed by atoms with E-state index >= 15 is 0 Å². The van der Waals surface area contributed by atoms with Crippen LogP contribution in [0.25, 0.3) is 0 Å². The minimum atomic E-state index is 0.542. The molecule has 0 saturated heterocycles. The lowest BCUT2D eigenvalue weighted by Gasteiger charge is -1.93. The van der Waals surface area contributed by atoms with Gasteiger partial charge in [0.15, 0.2) is 0 Å². The minimum Gasteiger partial charge on any atom is -0.240 e. The maximum absolute atomic E-state index is 4.68. The third-order valence-corrected chi connectivity index (χ3v) is 1.66. The molecule has 1 aromatic rings. The first kappa shape index (κ1) is 6.74. The molecule has 0 aliphatic heterocycles. The molecule has 0 fully saturated rings. The standard InChI is InChI=1S/C6H8O2S/c1-7-8-4-6-2-3-9-5-6/h2-3,5H,4H2,1H3. The van der Waals surface area contributed by atoms with Crippen molar-refractivity contribution in [1.82, 2.24) is 0 Å². The zero-order valence-corrected chi connectivity index (χ0v) is 5.98. The number of hydrogen-bond acceptors (Lipinski definition) is 3. The summed E-state index contributed by atoms with van der Waals surface area (Å²) in [7, 11) is 1.51. The molecule has 50 valence electrons. The predicted octanol–water partition coefficient (Wildman–Crippen LogP) is 1.83. The van der Waals surface area contributed by atoms with E-state index in [-0.39, 0.29) is 0 Å². The second-order valence-corrected chi connectivity index (χ2v) is 2.34. The Morgan fingerprint density at radius 1 is 1.67 bits per heavy atom. The SMILES string of the molecule is COOCc1ccsc1. The van der Waals surface area contributed by atoms with Crippen molar-refractivity contribution < 1.29 is 9.78 Å². The second kappa shape index (κ2) is 3.61. The molecule has 0 aliphatic rings. The van der Waals surface area contributed by atoms with Gasteiger partial charge < -0.3 is 0 Å². The van der Waals surface area contributed by atoms with Gasteiger partial charge >= 0.3 is 0 Å². The Bertz CT molecular complexity index is 148. The fourth-order valence-electron chi connectivity index (χ4n) is 0.502. The molecule has 0 amide bonds. The molecule has 0 radical (unpaired) electrons. The summed E-state index contributed by atoms with van der Waals surface area (Å²) in [6, 6.07) is 2.00. The van der Waals surface area contributed by atoms with Gasteiger partial charge in [0.1, 0.15) is 6.61 Å². The van der Waals surface area contributed by atoms with E-state index in [1.807, 2.05) is 16.8 Å². The number of rotatable bonds is 3. The van der Waals surface area contributed by atoms with E-state index in [1.165, 1.54) is 7.11 Å². The zero-order chi connectivity index (χ0) is 6.53. The molecule has 2 nitrogen and oxygen atoms in total. The highest BCUT2D eigenvalue weighted by Crippen LogP contribution is 2.06. The lowest BCUT2D eigenvalue weighted by molar-refractivity contribution is -0.282. The highest BCUT2D eigenvalue weighted by Gasteiger charge is 1.89. The fourth-order valence-corrected chi connectivity index (χ4v) is 1.16. The van der Waals surface area contributed by atoms with E-state index in [4.69, 9.17) is 0 Å². The highest BCUT2D eigenvalue weighted by atomic mass is 32.1. The summed E-state index contributed by atoms with van der Waals surface area (Å²) in [5, 5.41) is 4.04. The zero-order valence-electron chi connectivity index (χ0n) is 5.16. The summed E-state index contributed by atoms with van der Waals surface area (Å²) >= 11 is 1.65. The van der Waals surface area contributed by atoms with Crippen LogP contribution in [-0.2, 0) is 16.4 Å². The van der Waals surface area contributed by atoms with Crippen molar-refractivity contribution in [1.29, 1.82) is 0 Å². The first-order valence-electron chi connectivity index (χ1n) is 2.60. The normalized spacial score (nSPS) is 9.89. The quantitative estimate of drug-likeness (QED) is 0.476. The van der Waals surface area contributed by atoms with Crippen LogP contribution in [0.2, 0.25) is 0 Å². The summed E-state index contributed by atoms with van der Waals surface area (Å²) in [6.07, 6.45) is 0. The van der Waals surface area contributed by atoms with Gasteiger partial charge in [0, 0.05) is 0 Å². The smallest absolute Gasteiger partial charge is 0.108 e. The van der Waals surface area contributed by atoms with Crippen LogP contribution in [0.5, 0.6) is 0 Å². The van der Waals surface area contributed by atoms with Gasteiger partial charge in [0.25, 0.3) is 0 Å². The molecule has 1 rings (SSSR count). The second-order valence-electron chi connectivity index (χ2n) is 1.56. The molecule has 1 aromatic heterocycles. The van der Waals surface area contributed by atoms with Crippen LogP contribution in [0.15, 0.2) is 16.8 Å². The summed E-state index contributed by atoms with van der Waals surface area (Å²) in [6.45, 7) is 0.542. The van der Waals surface area contributed by atoms with Gasteiger partial charge in [-0.05, 0) is 22.4 Å². The van der Waals surface area contributed by atoms with Gasteiger partial charge in [-0.15, -0.1) is 0 Å². The molecule has 0 atom stereocenters. The van der Waals surface area contributed by atoms with Crippen LogP contribution in [0.4, 0.5) is 0 Å². The molecule has 0 N–H and O–H groups in total. The van der Waals surface area contributed by atoms with Gasteiger partial charge in [-0.25, -0.2) is 9.78 Å². The predicted molar refractivity (Wildman–Crippen MR) is 36.1 cm³/mol. The van der Waals surface area contributed by atoms with Crippen molar-refractivity contribution in [3.05, 3.63) is 22.4 Å². The van der Waals surface area contributed by atoms with E-state index in [1.54, 1.807) is 11.3 Å². The highest BCUT2D eigenvalue weighted by molar-refractivity contribution is 7.07. The van der Waals surface area contributed by atoms with E-state index in [0.29, 0.717) is 6.61 Å². The third kappa shape index (κ3) is 2.13. The Labute approximate surface area is 58.0 Å². The van der Waals surface area contributed by atoms with Gasteiger partial charge in [-0.3, -0.25) is 0 Å². The monoisotopic (exact) mass is 144 g/mol. The molecule has 0 bridgehead atoms. The first-order chi connectivity index (χ1) is 4.43. The molecule has 0 unspecified atom stereocenters. The Hall–Kier alpha value is -0.380. The van der Waals surface area contributed by atoms with Crippen molar-refractivity contribution in [3.8, 4) is 0 Å². The molecule has 0 saturated carbocycles. The summed E-state index contributed by atoms with van der Waals surface area (Å²) in [4.78, 5) is 9.10. The largest absolute Gasteiger partial charge is 0.240 e. The van der Waals surface area contributed by atoms with E-state index in [0.717, 1.165) is 5.56 Å². The molecule has 9 heavy (non-hydrogen) atoms. The molecular weight excluding hydrogens is 136 g/mol. The lowest BCUT2D eigenvalue weighted by Crippen LogP contribution is -1.87. The summed E-state index contributed by atoms with van der Waals surface area (Å²) in [5.74, 6) is 0. The average molecular weight is 144 g/mol. The molecule has 1 heterocycles. The van der Waals surface area contributed by atoms with Crippen LogP contribution >= 0.6 is 11.3 Å². The van der Waals surface area contributed by atoms with Crippen molar-refractivity contribution in [2.45, 2.75) is 6.61 Å². The number of hydrogen-bond donors (Lipinski definition) is 0. The number of thiophene rings is 1. The van der Waals surface area contributed by atoms with E-state index in [9.17, 15) is 0 Å². The van der Waals surface area contributed by atoms with Crippen molar-refractivity contribution in [2.24, 2.45) is 0 Å². The maximum Gasteiger partial charge on any atom is 0.108 e. The van der Waals surface area contributed by atoms with Crippen molar-refractivity contribution >= 4 is 11.3 Å². The Kier molecular flexibility index (Phi) is 2.70. The van der Waals surface area contributed by atoms with Gasteiger partial charge in [-0.2, -0.15) is 11.3 Å². The van der Waals surface area contributed by atoms with E-state index in [2.05, 4.69) is 9.78 Å². The summed E-state index contributed by atoms with van der Waals surface area (Å²) in [5.41, 5.74) is 1.15. The van der Waals surface area contributed by atoms with Gasteiger partial charge in [-0.1, -0.05) is 0 Å². The third-order valence-electron chi connectivity index (χ3n) is 0.924. The van der Waals surface area contributed by atoms with Gasteiger partial charge in [0.2, 0.25) is 0 Å². The lowest BCUT2D eigenvalue weighted by atomic mass is 10.4. The Morgan fingerprint density at radius 3 is 3.11 bits per heavy atom. The van der Waals surface area contributed by atoms with Gasteiger partial charge in [0.05, 0.1) is 7.11 Å². The molecule has 0 aliphatic carbocycles. The van der Waals surface area contributed by atoms with E-state index < -0.39 is 0 Å². The average Bonchev–Trinajstić information content (AvgIpc) is 2.34. The Morgan fingerprint density at radius 2 is 2.56 bits per heavy atom. The topological polar surface area (TPSA) is 18.5 Å². The minimum absolute atomic E-state index is 0.542. The summed E-state index contributed by atoms with van der Waals surface area (Å²) < 4.78 is 0. The molecule has 0 spiro atoms. The molecule has 0 aromatic carbocycles. The maximum atomic E-state index is 4.68. The van der Waals surface area contributed by atoms with Crippen LogP contribution < -0.4 is 0 Å².